The maximum Gasteiger partial charge on any atom is 0.0567 e. The Hall–Kier alpha value is -1.64. The lowest BCUT2D eigenvalue weighted by atomic mass is 10.2. The minimum absolute atomic E-state index is 0.744. The van der Waals surface area contributed by atoms with Crippen molar-refractivity contribution in [2.45, 2.75) is 0 Å². The van der Waals surface area contributed by atoms with E-state index in [0.717, 1.165) is 11.3 Å². The Balaban J connectivity index is 2.81. The van der Waals surface area contributed by atoms with Crippen LogP contribution in [0.3, 0.4) is 0 Å². The van der Waals surface area contributed by atoms with Gasteiger partial charge >= 0.3 is 0 Å². The van der Waals surface area contributed by atoms with Crippen LogP contribution in [0.2, 0.25) is 0 Å². The van der Waals surface area contributed by atoms with Gasteiger partial charge in [-0.3, -0.25) is 0 Å². The second kappa shape index (κ2) is 3.51. The number of hydrogen-bond acceptors (Lipinski definition) is 3. The zero-order chi connectivity index (χ0) is 8.10. The summed E-state index contributed by atoms with van der Waals surface area (Å²) in [5.41, 5.74) is 7.18. The molecule has 0 atom stereocenters. The highest BCUT2D eigenvalue weighted by Gasteiger charge is 1.85. The van der Waals surface area contributed by atoms with Gasteiger partial charge in [-0.15, -0.1) is 0 Å². The summed E-state index contributed by atoms with van der Waals surface area (Å²) in [4.78, 5) is 0. The number of nitrogen functional groups attached to an aromatic ring is 1. The second-order valence-corrected chi connectivity index (χ2v) is 2.05. The molecule has 1 aromatic carbocycles. The first-order valence-electron chi connectivity index (χ1n) is 3.17. The SMILES string of the molecule is C=NN=Cc1ccc(N)cc1. The molecule has 0 radical (unpaired) electrons. The van der Waals surface area contributed by atoms with Gasteiger partial charge in [0.1, 0.15) is 0 Å². The molecule has 56 valence electrons. The normalized spacial score (nSPS) is 10.2. The molecule has 0 heterocycles. The number of anilines is 1. The molecule has 2 N–H and O–H groups in total. The molecule has 3 heteroatoms. The van der Waals surface area contributed by atoms with E-state index in [-0.39, 0.29) is 0 Å². The van der Waals surface area contributed by atoms with Crippen molar-refractivity contribution in [2.24, 2.45) is 10.2 Å². The first-order valence-corrected chi connectivity index (χ1v) is 3.17. The summed E-state index contributed by atoms with van der Waals surface area (Å²) in [6.45, 7) is 3.22. The van der Waals surface area contributed by atoms with Gasteiger partial charge in [-0.05, 0) is 17.7 Å². The Morgan fingerprint density at radius 2 is 1.91 bits per heavy atom. The van der Waals surface area contributed by atoms with E-state index < -0.39 is 0 Å². The predicted octanol–water partition coefficient (Wildman–Crippen LogP) is 1.30. The molecule has 0 aliphatic carbocycles. The summed E-state index contributed by atoms with van der Waals surface area (Å²) in [7, 11) is 0. The topological polar surface area (TPSA) is 50.7 Å². The number of nitrogens with zero attached hydrogens (tertiary/aromatic N) is 2. The number of nitrogens with two attached hydrogens (primary N) is 1. The fourth-order valence-electron chi connectivity index (χ4n) is 0.690. The standard InChI is InChI=1S/C8H9N3/c1-10-11-6-7-2-4-8(9)5-3-7/h2-6H,1,9H2. The maximum absolute atomic E-state index is 5.48. The van der Waals surface area contributed by atoms with E-state index >= 15 is 0 Å². The Morgan fingerprint density at radius 3 is 2.45 bits per heavy atom. The summed E-state index contributed by atoms with van der Waals surface area (Å²) in [5.74, 6) is 0. The van der Waals surface area contributed by atoms with Gasteiger partial charge in [0.2, 0.25) is 0 Å². The molecule has 0 spiro atoms. The van der Waals surface area contributed by atoms with E-state index in [2.05, 4.69) is 16.9 Å². The quantitative estimate of drug-likeness (QED) is 0.382. The lowest BCUT2D eigenvalue weighted by Crippen LogP contribution is -1.84. The lowest BCUT2D eigenvalue weighted by Gasteiger charge is -1.91. The van der Waals surface area contributed by atoms with Crippen LogP contribution in [-0.2, 0) is 0 Å². The Kier molecular flexibility index (Phi) is 2.38. The minimum Gasteiger partial charge on any atom is -0.399 e. The molecule has 0 amide bonds. The van der Waals surface area contributed by atoms with Crippen molar-refractivity contribution in [3.8, 4) is 0 Å². The molecule has 0 saturated heterocycles. The summed E-state index contributed by atoms with van der Waals surface area (Å²) in [6.07, 6.45) is 1.62. The van der Waals surface area contributed by atoms with E-state index in [1.165, 1.54) is 0 Å². The van der Waals surface area contributed by atoms with Gasteiger partial charge in [-0.2, -0.15) is 10.2 Å². The lowest BCUT2D eigenvalue weighted by molar-refractivity contribution is 1.28. The van der Waals surface area contributed by atoms with Crippen molar-refractivity contribution in [3.05, 3.63) is 29.8 Å². The van der Waals surface area contributed by atoms with Gasteiger partial charge in [0, 0.05) is 12.4 Å². The number of benzene rings is 1. The maximum atomic E-state index is 5.48. The number of rotatable bonds is 2. The van der Waals surface area contributed by atoms with Crippen LogP contribution < -0.4 is 5.73 Å². The van der Waals surface area contributed by atoms with Crippen molar-refractivity contribution < 1.29 is 0 Å². The van der Waals surface area contributed by atoms with Crippen LogP contribution in [0.4, 0.5) is 5.69 Å². The molecule has 1 rings (SSSR count). The van der Waals surface area contributed by atoms with Gasteiger partial charge in [-0.25, -0.2) is 0 Å². The van der Waals surface area contributed by atoms with Crippen molar-refractivity contribution in [1.82, 2.24) is 0 Å². The molecule has 11 heavy (non-hydrogen) atoms. The fourth-order valence-corrected chi connectivity index (χ4v) is 0.690. The summed E-state index contributed by atoms with van der Waals surface area (Å²) < 4.78 is 0. The molecular weight excluding hydrogens is 138 g/mol. The Morgan fingerprint density at radius 1 is 1.27 bits per heavy atom. The van der Waals surface area contributed by atoms with E-state index in [1.807, 2.05) is 24.3 Å². The fraction of sp³-hybridized carbons (Fsp3) is 0. The molecule has 0 bridgehead atoms. The zero-order valence-corrected chi connectivity index (χ0v) is 6.07. The predicted molar refractivity (Wildman–Crippen MR) is 48.0 cm³/mol. The third-order valence-electron chi connectivity index (χ3n) is 1.22. The highest BCUT2D eigenvalue weighted by molar-refractivity contribution is 5.80. The molecule has 1 aromatic rings. The molecule has 0 aliphatic rings. The minimum atomic E-state index is 0.744. The highest BCUT2D eigenvalue weighted by Crippen LogP contribution is 2.02. The van der Waals surface area contributed by atoms with Crippen LogP contribution in [0.1, 0.15) is 5.56 Å². The van der Waals surface area contributed by atoms with Crippen LogP contribution in [0, 0.1) is 0 Å². The summed E-state index contributed by atoms with van der Waals surface area (Å²) in [5, 5.41) is 6.96. The van der Waals surface area contributed by atoms with Crippen molar-refractivity contribution >= 4 is 18.6 Å². The molecule has 0 saturated carbocycles. The number of hydrogen-bond donors (Lipinski definition) is 1. The monoisotopic (exact) mass is 147 g/mol. The molecule has 0 fully saturated rings. The van der Waals surface area contributed by atoms with E-state index in [1.54, 1.807) is 6.21 Å². The van der Waals surface area contributed by atoms with Crippen LogP contribution in [0.5, 0.6) is 0 Å². The largest absolute Gasteiger partial charge is 0.399 e. The van der Waals surface area contributed by atoms with E-state index in [0.29, 0.717) is 0 Å². The average Bonchev–Trinajstić information content (AvgIpc) is 2.04. The first-order chi connectivity index (χ1) is 5.33. The third kappa shape index (κ3) is 2.21. The molecule has 0 aliphatic heterocycles. The van der Waals surface area contributed by atoms with Crippen LogP contribution in [-0.4, -0.2) is 12.9 Å². The Bertz CT molecular complexity index is 261. The molecule has 0 unspecified atom stereocenters. The zero-order valence-electron chi connectivity index (χ0n) is 6.07. The smallest absolute Gasteiger partial charge is 0.0567 e. The van der Waals surface area contributed by atoms with Gasteiger partial charge < -0.3 is 5.73 Å². The highest BCUT2D eigenvalue weighted by atomic mass is 15.2. The molecule has 0 aromatic heterocycles. The van der Waals surface area contributed by atoms with Gasteiger partial charge in [0.25, 0.3) is 0 Å². The van der Waals surface area contributed by atoms with Crippen molar-refractivity contribution in [3.63, 3.8) is 0 Å². The van der Waals surface area contributed by atoms with Gasteiger partial charge in [-0.1, -0.05) is 12.1 Å². The summed E-state index contributed by atoms with van der Waals surface area (Å²) >= 11 is 0. The van der Waals surface area contributed by atoms with E-state index in [4.69, 9.17) is 5.73 Å². The first kappa shape index (κ1) is 7.47. The van der Waals surface area contributed by atoms with Crippen molar-refractivity contribution in [1.29, 1.82) is 0 Å². The molecular formula is C8H9N3. The second-order valence-electron chi connectivity index (χ2n) is 2.05. The third-order valence-corrected chi connectivity index (χ3v) is 1.22. The average molecular weight is 147 g/mol. The van der Waals surface area contributed by atoms with Gasteiger partial charge in [0.05, 0.1) is 6.21 Å². The van der Waals surface area contributed by atoms with E-state index in [9.17, 15) is 0 Å². The Labute approximate surface area is 65.3 Å². The van der Waals surface area contributed by atoms with Crippen LogP contribution in [0.15, 0.2) is 34.5 Å². The van der Waals surface area contributed by atoms with Crippen LogP contribution in [0.25, 0.3) is 0 Å². The summed E-state index contributed by atoms with van der Waals surface area (Å²) in [6, 6.07) is 7.35. The van der Waals surface area contributed by atoms with Gasteiger partial charge in [0.15, 0.2) is 0 Å². The van der Waals surface area contributed by atoms with Crippen LogP contribution >= 0.6 is 0 Å². The van der Waals surface area contributed by atoms with Crippen molar-refractivity contribution in [2.75, 3.05) is 5.73 Å². The molecule has 3 nitrogen and oxygen atoms in total.